The summed E-state index contributed by atoms with van der Waals surface area (Å²) in [4.78, 5) is 14.5. The van der Waals surface area contributed by atoms with E-state index in [1.165, 1.54) is 0 Å². The molecule has 3 rings (SSSR count). The van der Waals surface area contributed by atoms with E-state index in [0.717, 1.165) is 37.9 Å². The van der Waals surface area contributed by atoms with Gasteiger partial charge in [-0.05, 0) is 43.4 Å². The van der Waals surface area contributed by atoms with Crippen LogP contribution >= 0.6 is 11.6 Å². The molecule has 22 heavy (non-hydrogen) atoms. The molecule has 1 aromatic carbocycles. The number of nitrogens with zero attached hydrogens (tertiary/aromatic N) is 4. The molecule has 6 nitrogen and oxygen atoms in total. The summed E-state index contributed by atoms with van der Waals surface area (Å²) >= 11 is 6.12. The minimum Gasteiger partial charge on any atom is -0.338 e. The number of likely N-dealkylation sites (tertiary alicyclic amines) is 1. The number of benzene rings is 1. The maximum absolute atomic E-state index is 12.6. The number of hydrogen-bond acceptors (Lipinski definition) is 4. The van der Waals surface area contributed by atoms with E-state index in [-0.39, 0.29) is 5.91 Å². The Hall–Kier alpha value is -1.95. The fraction of sp³-hybridized carbons (Fsp3) is 0.467. The number of aromatic nitrogens is 4. The molecule has 0 radical (unpaired) electrons. The van der Waals surface area contributed by atoms with Crippen molar-refractivity contribution in [1.82, 2.24) is 25.5 Å². The molecule has 1 amide bonds. The summed E-state index contributed by atoms with van der Waals surface area (Å²) in [7, 11) is 0. The number of nitrogens with one attached hydrogen (secondary N) is 1. The van der Waals surface area contributed by atoms with E-state index in [9.17, 15) is 4.79 Å². The van der Waals surface area contributed by atoms with Gasteiger partial charge in [-0.2, -0.15) is 5.21 Å². The van der Waals surface area contributed by atoms with E-state index in [1.54, 1.807) is 6.07 Å². The van der Waals surface area contributed by atoms with Crippen LogP contribution in [0.15, 0.2) is 18.2 Å². The van der Waals surface area contributed by atoms with Gasteiger partial charge in [0.25, 0.3) is 5.91 Å². The number of halogens is 1. The Bertz CT molecular complexity index is 658. The average molecular weight is 320 g/mol. The van der Waals surface area contributed by atoms with Gasteiger partial charge >= 0.3 is 0 Å². The van der Waals surface area contributed by atoms with Gasteiger partial charge < -0.3 is 4.90 Å². The van der Waals surface area contributed by atoms with Gasteiger partial charge in [0.15, 0.2) is 5.82 Å². The number of carbonyl (C=O) groups excluding carboxylic acids is 1. The number of amides is 1. The molecule has 2 heterocycles. The second-order valence-corrected chi connectivity index (χ2v) is 6.16. The zero-order valence-corrected chi connectivity index (χ0v) is 13.2. The Morgan fingerprint density at radius 1 is 1.50 bits per heavy atom. The van der Waals surface area contributed by atoms with Crippen LogP contribution in [0.2, 0.25) is 5.02 Å². The van der Waals surface area contributed by atoms with Crippen molar-refractivity contribution in [3.8, 4) is 0 Å². The molecule has 1 N–H and O–H groups in total. The molecule has 1 unspecified atom stereocenters. The molecule has 0 aliphatic carbocycles. The molecule has 2 aromatic rings. The Morgan fingerprint density at radius 2 is 2.36 bits per heavy atom. The average Bonchev–Trinajstić information content (AvgIpc) is 3.02. The largest absolute Gasteiger partial charge is 0.338 e. The van der Waals surface area contributed by atoms with Gasteiger partial charge in [-0.15, -0.1) is 10.2 Å². The van der Waals surface area contributed by atoms with Crippen LogP contribution in [0.5, 0.6) is 0 Å². The van der Waals surface area contributed by atoms with Crippen LogP contribution in [0, 0.1) is 12.8 Å². The Kier molecular flexibility index (Phi) is 4.38. The van der Waals surface area contributed by atoms with Crippen molar-refractivity contribution in [1.29, 1.82) is 0 Å². The number of piperidine rings is 1. The van der Waals surface area contributed by atoms with E-state index >= 15 is 0 Å². The lowest BCUT2D eigenvalue weighted by Gasteiger charge is -2.32. The highest BCUT2D eigenvalue weighted by molar-refractivity contribution is 6.31. The van der Waals surface area contributed by atoms with Crippen LogP contribution < -0.4 is 0 Å². The number of tetrazole rings is 1. The quantitative estimate of drug-likeness (QED) is 0.941. The van der Waals surface area contributed by atoms with Gasteiger partial charge in [-0.1, -0.05) is 22.9 Å². The molecule has 0 bridgehead atoms. The van der Waals surface area contributed by atoms with Gasteiger partial charge in [0, 0.05) is 30.1 Å². The van der Waals surface area contributed by atoms with Gasteiger partial charge in [0.2, 0.25) is 0 Å². The van der Waals surface area contributed by atoms with E-state index in [1.807, 2.05) is 24.0 Å². The van der Waals surface area contributed by atoms with Crippen molar-refractivity contribution in [3.63, 3.8) is 0 Å². The highest BCUT2D eigenvalue weighted by Gasteiger charge is 2.25. The highest BCUT2D eigenvalue weighted by atomic mass is 35.5. The third-order valence-electron chi connectivity index (χ3n) is 4.09. The Balaban J connectivity index is 1.68. The number of carbonyl (C=O) groups is 1. The van der Waals surface area contributed by atoms with Crippen molar-refractivity contribution in [3.05, 3.63) is 40.2 Å². The fourth-order valence-electron chi connectivity index (χ4n) is 2.85. The SMILES string of the molecule is Cc1ccc(C(=O)N2CCCC(Cc3nn[nH]n3)C2)cc1Cl. The molecule has 116 valence electrons. The molecule has 1 atom stereocenters. The van der Waals surface area contributed by atoms with Crippen molar-refractivity contribution < 1.29 is 4.79 Å². The second-order valence-electron chi connectivity index (χ2n) is 5.76. The van der Waals surface area contributed by atoms with E-state index < -0.39 is 0 Å². The highest BCUT2D eigenvalue weighted by Crippen LogP contribution is 2.23. The summed E-state index contributed by atoms with van der Waals surface area (Å²) < 4.78 is 0. The van der Waals surface area contributed by atoms with Crippen molar-refractivity contribution >= 4 is 17.5 Å². The predicted molar refractivity (Wildman–Crippen MR) is 82.7 cm³/mol. The summed E-state index contributed by atoms with van der Waals surface area (Å²) in [5.74, 6) is 1.12. The smallest absolute Gasteiger partial charge is 0.253 e. The molecular formula is C15H18ClN5O. The molecule has 0 saturated carbocycles. The third-order valence-corrected chi connectivity index (χ3v) is 4.49. The second kappa shape index (κ2) is 6.44. The maximum atomic E-state index is 12.6. The van der Waals surface area contributed by atoms with Crippen LogP contribution in [0.3, 0.4) is 0 Å². The Labute approximate surface area is 133 Å². The molecule has 0 spiro atoms. The van der Waals surface area contributed by atoms with E-state index in [4.69, 9.17) is 11.6 Å². The van der Waals surface area contributed by atoms with Gasteiger partial charge in [-0.3, -0.25) is 4.79 Å². The summed E-state index contributed by atoms with van der Waals surface area (Å²) in [6.07, 6.45) is 2.82. The van der Waals surface area contributed by atoms with Crippen LogP contribution in [-0.4, -0.2) is 44.5 Å². The first-order valence-electron chi connectivity index (χ1n) is 7.41. The first-order valence-corrected chi connectivity index (χ1v) is 7.79. The number of hydrogen-bond donors (Lipinski definition) is 1. The topological polar surface area (TPSA) is 74.8 Å². The minimum absolute atomic E-state index is 0.0414. The van der Waals surface area contributed by atoms with Crippen molar-refractivity contribution in [2.45, 2.75) is 26.2 Å². The van der Waals surface area contributed by atoms with E-state index in [2.05, 4.69) is 20.6 Å². The standard InChI is InChI=1S/C15H18ClN5O/c1-10-4-5-12(8-13(10)16)15(22)21-6-2-3-11(9-21)7-14-17-19-20-18-14/h4-5,8,11H,2-3,6-7,9H2,1H3,(H,17,18,19,20). The maximum Gasteiger partial charge on any atom is 0.253 e. The van der Waals surface area contributed by atoms with Gasteiger partial charge in [0.1, 0.15) is 0 Å². The summed E-state index contributed by atoms with van der Waals surface area (Å²) in [5, 5.41) is 14.7. The number of aryl methyl sites for hydroxylation is 1. The monoisotopic (exact) mass is 319 g/mol. The van der Waals surface area contributed by atoms with Crippen LogP contribution in [0.1, 0.15) is 34.6 Å². The lowest BCUT2D eigenvalue weighted by molar-refractivity contribution is 0.0672. The normalized spacial score (nSPS) is 18.5. The summed E-state index contributed by atoms with van der Waals surface area (Å²) in [5.41, 5.74) is 1.63. The van der Waals surface area contributed by atoms with Crippen molar-refractivity contribution in [2.75, 3.05) is 13.1 Å². The van der Waals surface area contributed by atoms with Crippen molar-refractivity contribution in [2.24, 2.45) is 5.92 Å². The summed E-state index contributed by atoms with van der Waals surface area (Å²) in [6.45, 7) is 3.43. The molecule has 7 heteroatoms. The lowest BCUT2D eigenvalue weighted by Crippen LogP contribution is -2.40. The van der Waals surface area contributed by atoms with Gasteiger partial charge in [0.05, 0.1) is 0 Å². The predicted octanol–water partition coefficient (Wildman–Crippen LogP) is 2.26. The minimum atomic E-state index is 0.0414. The molecule has 1 aliphatic heterocycles. The molecule has 1 aliphatic rings. The molecule has 1 aromatic heterocycles. The van der Waals surface area contributed by atoms with Crippen LogP contribution in [0.4, 0.5) is 0 Å². The Morgan fingerprint density at radius 3 is 3.09 bits per heavy atom. The first-order chi connectivity index (χ1) is 10.6. The lowest BCUT2D eigenvalue weighted by atomic mass is 9.94. The molecule has 1 fully saturated rings. The fourth-order valence-corrected chi connectivity index (χ4v) is 3.03. The number of H-pyrrole nitrogens is 1. The van der Waals surface area contributed by atoms with Crippen LogP contribution in [-0.2, 0) is 6.42 Å². The first kappa shape index (κ1) is 15.0. The molecular weight excluding hydrogens is 302 g/mol. The van der Waals surface area contributed by atoms with Gasteiger partial charge in [-0.25, -0.2) is 0 Å². The van der Waals surface area contributed by atoms with Crippen LogP contribution in [0.25, 0.3) is 0 Å². The number of aromatic amines is 1. The zero-order chi connectivity index (χ0) is 15.5. The third kappa shape index (κ3) is 3.27. The van der Waals surface area contributed by atoms with E-state index in [0.29, 0.717) is 22.3 Å². The zero-order valence-electron chi connectivity index (χ0n) is 12.4. The molecule has 1 saturated heterocycles. The summed E-state index contributed by atoms with van der Waals surface area (Å²) in [6, 6.07) is 5.48. The number of rotatable bonds is 3.